The number of rotatable bonds is 15. The number of nitrogens with one attached hydrogen (secondary N) is 4. The lowest BCUT2D eigenvalue weighted by atomic mass is 10.2. The number of carbonyl (C=O) groups is 2. The standard InChI is InChI=1S/C27H24ClN9O15S4/c28-25-31-26(29-14-1-6-17(7-2-14)53(41,42)12-11-52-56(49,50)51)33-27(32-25)30-15-3-10-20(55(46,47)48)19(13-15)34-35-21-22(24(39)40)36-37(23(21)38)16-4-8-18(9-5-16)54(43,44)45/h1-10,13,22,34,36H,11-12H2,(H,39,40)(H,43,44,45)(H,46,47,48)(H,49,50,51)(H2,29,30,31,32,33). The third kappa shape index (κ3) is 10.4. The zero-order valence-electron chi connectivity index (χ0n) is 27.4. The number of hydrogen-bond acceptors (Lipinski definition) is 19. The zero-order valence-corrected chi connectivity index (χ0v) is 31.4. The molecule has 0 aliphatic carbocycles. The molecular formula is C27H24ClN9O15S4. The highest BCUT2D eigenvalue weighted by molar-refractivity contribution is 7.91. The predicted molar refractivity (Wildman–Crippen MR) is 193 cm³/mol. The first-order valence-corrected chi connectivity index (χ1v) is 21.0. The lowest BCUT2D eigenvalue weighted by Crippen LogP contribution is -2.41. The van der Waals surface area contributed by atoms with E-state index in [1.807, 2.05) is 0 Å². The SMILES string of the molecule is O=C(O)C1NN(c2ccc(S(=O)(=O)O)cc2)C(=O)C1=NNc1cc(Nc2nc(Cl)nc(Nc3ccc(S(=O)(=O)CCOS(=O)(=O)O)cc3)n2)ccc1S(=O)(=O)O. The van der Waals surface area contributed by atoms with E-state index in [0.29, 0.717) is 5.01 Å². The largest absolute Gasteiger partial charge is 0.480 e. The van der Waals surface area contributed by atoms with E-state index in [2.05, 4.69) is 45.7 Å². The van der Waals surface area contributed by atoms with E-state index in [9.17, 15) is 57.5 Å². The normalized spacial score (nSPS) is 15.9. The summed E-state index contributed by atoms with van der Waals surface area (Å²) in [7, 11) is -18.4. The van der Waals surface area contributed by atoms with E-state index >= 15 is 0 Å². The second-order valence-corrected chi connectivity index (χ2v) is 17.2. The molecule has 1 aliphatic rings. The van der Waals surface area contributed by atoms with E-state index in [0.717, 1.165) is 42.5 Å². The molecule has 56 heavy (non-hydrogen) atoms. The van der Waals surface area contributed by atoms with Crippen molar-refractivity contribution in [3.8, 4) is 0 Å². The van der Waals surface area contributed by atoms with E-state index in [-0.39, 0.29) is 39.1 Å². The molecule has 1 aliphatic heterocycles. The van der Waals surface area contributed by atoms with Gasteiger partial charge in [-0.05, 0) is 78.3 Å². The number of carboxylic acid groups (broad SMARTS) is 1. The van der Waals surface area contributed by atoms with Crippen LogP contribution >= 0.6 is 11.6 Å². The Kier molecular flexibility index (Phi) is 11.9. The van der Waals surface area contributed by atoms with E-state index in [1.54, 1.807) is 0 Å². The van der Waals surface area contributed by atoms with Crippen molar-refractivity contribution in [2.24, 2.45) is 5.10 Å². The maximum Gasteiger partial charge on any atom is 0.397 e. The Labute approximate surface area is 320 Å². The summed E-state index contributed by atoms with van der Waals surface area (Å²) in [5.41, 5.74) is 3.66. The van der Waals surface area contributed by atoms with Gasteiger partial charge in [0.2, 0.25) is 17.2 Å². The number of hydrazine groups is 1. The lowest BCUT2D eigenvalue weighted by molar-refractivity contribution is -0.137. The van der Waals surface area contributed by atoms with E-state index < -0.39 is 91.9 Å². The summed E-state index contributed by atoms with van der Waals surface area (Å²) >= 11 is 6.06. The number of aromatic nitrogens is 3. The molecule has 298 valence electrons. The topological polar surface area (TPSA) is 363 Å². The number of sulfone groups is 1. The van der Waals surface area contributed by atoms with Crippen LogP contribution in [0.5, 0.6) is 0 Å². The minimum Gasteiger partial charge on any atom is -0.480 e. The zero-order chi connectivity index (χ0) is 41.2. The number of hydrogen-bond donors (Lipinski definition) is 8. The number of carbonyl (C=O) groups excluding carboxylic acids is 1. The Hall–Kier alpha value is -5.43. The Morgan fingerprint density at radius 2 is 1.39 bits per heavy atom. The first-order chi connectivity index (χ1) is 26.0. The van der Waals surface area contributed by atoms with Gasteiger partial charge < -0.3 is 15.7 Å². The van der Waals surface area contributed by atoms with Crippen molar-refractivity contribution < 1.29 is 66.2 Å². The lowest BCUT2D eigenvalue weighted by Gasteiger charge is -2.16. The van der Waals surface area contributed by atoms with Gasteiger partial charge in [-0.3, -0.25) is 28.7 Å². The first-order valence-electron chi connectivity index (χ1n) is 14.8. The highest BCUT2D eigenvalue weighted by Crippen LogP contribution is 2.28. The Morgan fingerprint density at radius 3 is 1.95 bits per heavy atom. The van der Waals surface area contributed by atoms with Gasteiger partial charge in [-0.2, -0.15) is 45.3 Å². The summed E-state index contributed by atoms with van der Waals surface area (Å²) in [6, 6.07) is 10.4. The number of halogens is 1. The minimum atomic E-state index is -4.96. The first kappa shape index (κ1) is 41.7. The van der Waals surface area contributed by atoms with Gasteiger partial charge in [-0.1, -0.05) is 0 Å². The molecular weight excluding hydrogens is 854 g/mol. The second kappa shape index (κ2) is 16.0. The molecule has 0 bridgehead atoms. The monoisotopic (exact) mass is 877 g/mol. The fourth-order valence-corrected chi connectivity index (χ4v) is 7.35. The quantitative estimate of drug-likeness (QED) is 0.0606. The van der Waals surface area contributed by atoms with Crippen molar-refractivity contribution in [2.75, 3.05) is 33.4 Å². The van der Waals surface area contributed by atoms with Crippen LogP contribution < -0.4 is 26.5 Å². The second-order valence-electron chi connectivity index (χ2n) is 10.9. The van der Waals surface area contributed by atoms with Gasteiger partial charge in [0.15, 0.2) is 21.6 Å². The fraction of sp³-hybridized carbons (Fsp3) is 0.111. The van der Waals surface area contributed by atoms with Gasteiger partial charge >= 0.3 is 16.4 Å². The molecule has 1 amide bonds. The molecule has 1 unspecified atom stereocenters. The number of amides is 1. The molecule has 3 aromatic carbocycles. The summed E-state index contributed by atoms with van der Waals surface area (Å²) in [5.74, 6) is -3.83. The maximum absolute atomic E-state index is 13.2. The Morgan fingerprint density at radius 1 is 0.821 bits per heavy atom. The third-order valence-electron chi connectivity index (χ3n) is 7.07. The van der Waals surface area contributed by atoms with Crippen LogP contribution in [0.15, 0.2) is 86.5 Å². The number of benzene rings is 3. The van der Waals surface area contributed by atoms with Crippen molar-refractivity contribution in [3.63, 3.8) is 0 Å². The van der Waals surface area contributed by atoms with Crippen LogP contribution in [0.2, 0.25) is 5.28 Å². The maximum atomic E-state index is 13.2. The molecule has 1 aromatic heterocycles. The molecule has 1 atom stereocenters. The number of nitrogens with zero attached hydrogens (tertiary/aromatic N) is 5. The van der Waals surface area contributed by atoms with Crippen LogP contribution in [0, 0.1) is 0 Å². The number of hydrazone groups is 1. The number of carboxylic acids is 1. The molecule has 2 heterocycles. The predicted octanol–water partition coefficient (Wildman–Crippen LogP) is 0.871. The highest BCUT2D eigenvalue weighted by atomic mass is 35.5. The van der Waals surface area contributed by atoms with Gasteiger partial charge in [0.05, 0.1) is 33.5 Å². The van der Waals surface area contributed by atoms with Crippen LogP contribution in [0.1, 0.15) is 0 Å². The Bertz CT molecular complexity index is 2690. The van der Waals surface area contributed by atoms with E-state index in [4.69, 9.17) is 16.2 Å². The smallest absolute Gasteiger partial charge is 0.397 e. The molecule has 0 radical (unpaired) electrons. The van der Waals surface area contributed by atoms with Crippen LogP contribution in [0.4, 0.5) is 34.6 Å². The molecule has 1 fully saturated rings. The van der Waals surface area contributed by atoms with Crippen LogP contribution in [-0.2, 0) is 54.2 Å². The summed E-state index contributed by atoms with van der Waals surface area (Å²) in [6.45, 7) is -0.826. The number of aliphatic carboxylic acids is 1. The molecule has 5 rings (SSSR count). The summed E-state index contributed by atoms with van der Waals surface area (Å²) in [6.07, 6.45) is 0. The molecule has 1 saturated heterocycles. The van der Waals surface area contributed by atoms with Crippen molar-refractivity contribution in [1.29, 1.82) is 0 Å². The highest BCUT2D eigenvalue weighted by Gasteiger charge is 2.42. The van der Waals surface area contributed by atoms with E-state index in [1.165, 1.54) is 24.3 Å². The third-order valence-corrected chi connectivity index (χ3v) is 11.2. The average molecular weight is 878 g/mol. The van der Waals surface area contributed by atoms with Gasteiger partial charge in [0.25, 0.3) is 26.1 Å². The van der Waals surface area contributed by atoms with Crippen molar-refractivity contribution in [2.45, 2.75) is 20.7 Å². The van der Waals surface area contributed by atoms with Crippen LogP contribution in [-0.4, -0.2) is 103 Å². The Balaban J connectivity index is 1.36. The molecule has 4 aromatic rings. The van der Waals surface area contributed by atoms with Gasteiger partial charge in [0.1, 0.15) is 4.90 Å². The van der Waals surface area contributed by atoms with Crippen LogP contribution in [0.25, 0.3) is 0 Å². The van der Waals surface area contributed by atoms with Gasteiger partial charge in [0, 0.05) is 11.4 Å². The minimum absolute atomic E-state index is 0.0204. The van der Waals surface area contributed by atoms with Crippen molar-refractivity contribution >= 4 is 104 Å². The molecule has 0 spiro atoms. The van der Waals surface area contributed by atoms with Gasteiger partial charge in [-0.25, -0.2) is 23.0 Å². The fourth-order valence-electron chi connectivity index (χ4n) is 4.60. The van der Waals surface area contributed by atoms with Crippen molar-refractivity contribution in [3.05, 3.63) is 72.0 Å². The number of anilines is 6. The summed E-state index contributed by atoms with van der Waals surface area (Å²) in [4.78, 5) is 35.7. The molecule has 29 heteroatoms. The summed E-state index contributed by atoms with van der Waals surface area (Å²) < 4.78 is 125. The van der Waals surface area contributed by atoms with Crippen LogP contribution in [0.3, 0.4) is 0 Å². The molecule has 8 N–H and O–H groups in total. The molecule has 0 saturated carbocycles. The average Bonchev–Trinajstić information content (AvgIpc) is 3.42. The van der Waals surface area contributed by atoms with Crippen molar-refractivity contribution in [1.82, 2.24) is 20.4 Å². The molecule has 24 nitrogen and oxygen atoms in total. The van der Waals surface area contributed by atoms with Gasteiger partial charge in [-0.15, -0.1) is 0 Å². The summed E-state index contributed by atoms with van der Waals surface area (Å²) in [5, 5.41) is 19.4.